The Kier molecular flexibility index (Phi) is 5.93. The second kappa shape index (κ2) is 7.46. The van der Waals surface area contributed by atoms with E-state index in [9.17, 15) is 0 Å². The average Bonchev–Trinajstić information content (AvgIpc) is 2.86. The molecule has 2 rings (SSSR count). The highest BCUT2D eigenvalue weighted by Crippen LogP contribution is 2.27. The molecule has 0 aromatic rings. The molecule has 1 aliphatic heterocycles. The zero-order chi connectivity index (χ0) is 12.8. The topological polar surface area (TPSA) is 24.5 Å². The van der Waals surface area contributed by atoms with Gasteiger partial charge in [0.2, 0.25) is 0 Å². The number of piperidine rings is 1. The molecule has 0 spiro atoms. The number of likely N-dealkylation sites (tertiary alicyclic amines) is 1. The SMILES string of the molecule is CCCNC1CCCC1N1CCC(OCC)CC1. The molecule has 2 unspecified atom stereocenters. The van der Waals surface area contributed by atoms with Crippen molar-refractivity contribution in [3.05, 3.63) is 0 Å². The summed E-state index contributed by atoms with van der Waals surface area (Å²) in [5, 5.41) is 3.74. The summed E-state index contributed by atoms with van der Waals surface area (Å²) >= 11 is 0. The van der Waals surface area contributed by atoms with E-state index in [2.05, 4.69) is 24.1 Å². The van der Waals surface area contributed by atoms with Crippen molar-refractivity contribution in [1.29, 1.82) is 0 Å². The largest absolute Gasteiger partial charge is 0.378 e. The molecule has 3 nitrogen and oxygen atoms in total. The van der Waals surface area contributed by atoms with Crippen molar-refractivity contribution in [2.75, 3.05) is 26.2 Å². The Morgan fingerprint density at radius 2 is 1.89 bits per heavy atom. The first-order chi connectivity index (χ1) is 8.85. The number of rotatable bonds is 6. The van der Waals surface area contributed by atoms with Crippen LogP contribution in [0.4, 0.5) is 0 Å². The molecule has 2 fully saturated rings. The summed E-state index contributed by atoms with van der Waals surface area (Å²) in [7, 11) is 0. The lowest BCUT2D eigenvalue weighted by atomic mass is 10.0. The van der Waals surface area contributed by atoms with E-state index in [1.807, 2.05) is 0 Å². The van der Waals surface area contributed by atoms with Crippen LogP contribution in [0, 0.1) is 0 Å². The van der Waals surface area contributed by atoms with E-state index in [4.69, 9.17) is 4.74 Å². The Bertz CT molecular complexity index is 227. The maximum Gasteiger partial charge on any atom is 0.0599 e. The Labute approximate surface area is 112 Å². The zero-order valence-electron chi connectivity index (χ0n) is 12.2. The minimum atomic E-state index is 0.523. The van der Waals surface area contributed by atoms with Gasteiger partial charge in [0.25, 0.3) is 0 Å². The maximum atomic E-state index is 5.74. The minimum Gasteiger partial charge on any atom is -0.378 e. The van der Waals surface area contributed by atoms with E-state index in [0.717, 1.165) is 18.7 Å². The van der Waals surface area contributed by atoms with E-state index >= 15 is 0 Å². The number of nitrogens with zero attached hydrogens (tertiary/aromatic N) is 1. The molecule has 1 saturated heterocycles. The quantitative estimate of drug-likeness (QED) is 0.788. The Balaban J connectivity index is 1.77. The summed E-state index contributed by atoms with van der Waals surface area (Å²) in [6.45, 7) is 8.88. The molecular formula is C15H30N2O. The summed E-state index contributed by atoms with van der Waals surface area (Å²) in [4.78, 5) is 2.72. The molecule has 2 aliphatic rings. The molecule has 1 heterocycles. The van der Waals surface area contributed by atoms with E-state index < -0.39 is 0 Å². The van der Waals surface area contributed by atoms with Crippen LogP contribution in [0.15, 0.2) is 0 Å². The molecule has 106 valence electrons. The first kappa shape index (κ1) is 14.3. The van der Waals surface area contributed by atoms with Crippen molar-refractivity contribution in [1.82, 2.24) is 10.2 Å². The molecule has 1 N–H and O–H groups in total. The molecule has 0 amide bonds. The summed E-state index contributed by atoms with van der Waals surface area (Å²) in [5.41, 5.74) is 0. The lowest BCUT2D eigenvalue weighted by Crippen LogP contribution is -2.50. The van der Waals surface area contributed by atoms with Crippen LogP contribution in [0.1, 0.15) is 52.4 Å². The molecule has 0 aromatic carbocycles. The molecule has 2 atom stereocenters. The van der Waals surface area contributed by atoms with Crippen LogP contribution in [-0.4, -0.2) is 49.3 Å². The highest BCUT2D eigenvalue weighted by molar-refractivity contribution is 4.92. The fourth-order valence-corrected chi connectivity index (χ4v) is 3.56. The van der Waals surface area contributed by atoms with Crippen LogP contribution in [0.3, 0.4) is 0 Å². The standard InChI is InChI=1S/C15H30N2O/c1-3-10-16-14-6-5-7-15(14)17-11-8-13(9-12-17)18-4-2/h13-16H,3-12H2,1-2H3. The van der Waals surface area contributed by atoms with Gasteiger partial charge in [0, 0.05) is 31.8 Å². The number of nitrogens with one attached hydrogen (secondary N) is 1. The number of hydrogen-bond donors (Lipinski definition) is 1. The fraction of sp³-hybridized carbons (Fsp3) is 1.00. The Hall–Kier alpha value is -0.120. The zero-order valence-corrected chi connectivity index (χ0v) is 12.2. The molecule has 0 bridgehead atoms. The van der Waals surface area contributed by atoms with E-state index in [-0.39, 0.29) is 0 Å². The van der Waals surface area contributed by atoms with Crippen molar-refractivity contribution in [3.8, 4) is 0 Å². The first-order valence-electron chi connectivity index (χ1n) is 7.94. The van der Waals surface area contributed by atoms with Crippen LogP contribution in [0.2, 0.25) is 0 Å². The van der Waals surface area contributed by atoms with Crippen molar-refractivity contribution in [2.24, 2.45) is 0 Å². The molecule has 0 radical (unpaired) electrons. The third-order valence-corrected chi connectivity index (χ3v) is 4.48. The Morgan fingerprint density at radius 1 is 1.11 bits per heavy atom. The van der Waals surface area contributed by atoms with Gasteiger partial charge in [-0.3, -0.25) is 4.90 Å². The molecular weight excluding hydrogens is 224 g/mol. The van der Waals surface area contributed by atoms with E-state index in [1.54, 1.807) is 0 Å². The predicted octanol–water partition coefficient (Wildman–Crippen LogP) is 2.41. The molecule has 3 heteroatoms. The third kappa shape index (κ3) is 3.69. The minimum absolute atomic E-state index is 0.523. The lowest BCUT2D eigenvalue weighted by molar-refractivity contribution is 0.00177. The molecule has 18 heavy (non-hydrogen) atoms. The van der Waals surface area contributed by atoms with Gasteiger partial charge in [0.15, 0.2) is 0 Å². The second-order valence-corrected chi connectivity index (χ2v) is 5.75. The van der Waals surface area contributed by atoms with Crippen LogP contribution in [0.25, 0.3) is 0 Å². The normalized spacial score (nSPS) is 31.0. The summed E-state index contributed by atoms with van der Waals surface area (Å²) in [6, 6.07) is 1.53. The van der Waals surface area contributed by atoms with Crippen LogP contribution in [0.5, 0.6) is 0 Å². The van der Waals surface area contributed by atoms with Crippen molar-refractivity contribution >= 4 is 0 Å². The van der Waals surface area contributed by atoms with Crippen LogP contribution < -0.4 is 5.32 Å². The third-order valence-electron chi connectivity index (χ3n) is 4.48. The van der Waals surface area contributed by atoms with E-state index in [1.165, 1.54) is 58.2 Å². The smallest absolute Gasteiger partial charge is 0.0599 e. The molecule has 0 aromatic heterocycles. The first-order valence-corrected chi connectivity index (χ1v) is 7.94. The average molecular weight is 254 g/mol. The highest BCUT2D eigenvalue weighted by atomic mass is 16.5. The Morgan fingerprint density at radius 3 is 2.56 bits per heavy atom. The number of ether oxygens (including phenoxy) is 1. The van der Waals surface area contributed by atoms with Gasteiger partial charge in [0.1, 0.15) is 0 Å². The summed E-state index contributed by atoms with van der Waals surface area (Å²) in [6.07, 6.45) is 8.38. The van der Waals surface area contributed by atoms with Gasteiger partial charge < -0.3 is 10.1 Å². The predicted molar refractivity (Wildman–Crippen MR) is 75.9 cm³/mol. The lowest BCUT2D eigenvalue weighted by Gasteiger charge is -2.38. The van der Waals surface area contributed by atoms with Crippen molar-refractivity contribution in [2.45, 2.75) is 70.6 Å². The second-order valence-electron chi connectivity index (χ2n) is 5.75. The van der Waals surface area contributed by atoms with Gasteiger partial charge in [0.05, 0.1) is 6.10 Å². The van der Waals surface area contributed by atoms with E-state index in [0.29, 0.717) is 6.10 Å². The molecule has 1 aliphatic carbocycles. The van der Waals surface area contributed by atoms with Crippen molar-refractivity contribution < 1.29 is 4.74 Å². The maximum absolute atomic E-state index is 5.74. The van der Waals surface area contributed by atoms with Crippen LogP contribution in [-0.2, 0) is 4.74 Å². The fourth-order valence-electron chi connectivity index (χ4n) is 3.56. The van der Waals surface area contributed by atoms with Gasteiger partial charge >= 0.3 is 0 Å². The van der Waals surface area contributed by atoms with Gasteiger partial charge in [-0.05, 0) is 45.6 Å². The number of hydrogen-bond acceptors (Lipinski definition) is 3. The van der Waals surface area contributed by atoms with Gasteiger partial charge in [-0.15, -0.1) is 0 Å². The monoisotopic (exact) mass is 254 g/mol. The van der Waals surface area contributed by atoms with Gasteiger partial charge in [-0.25, -0.2) is 0 Å². The summed E-state index contributed by atoms with van der Waals surface area (Å²) in [5.74, 6) is 0. The van der Waals surface area contributed by atoms with Gasteiger partial charge in [-0.1, -0.05) is 13.3 Å². The van der Waals surface area contributed by atoms with Crippen LogP contribution >= 0.6 is 0 Å². The summed E-state index contributed by atoms with van der Waals surface area (Å²) < 4.78 is 5.74. The van der Waals surface area contributed by atoms with Crippen molar-refractivity contribution in [3.63, 3.8) is 0 Å². The van der Waals surface area contributed by atoms with Gasteiger partial charge in [-0.2, -0.15) is 0 Å². The molecule has 1 saturated carbocycles. The highest BCUT2D eigenvalue weighted by Gasteiger charge is 2.33.